The molecular weight excluding hydrogens is 459 g/mol. The van der Waals surface area contributed by atoms with Crippen molar-refractivity contribution < 1.29 is 4.74 Å². The maximum Gasteiger partial charge on any atom is 0.191 e. The molecular formula is C19H29IN4OS. The minimum Gasteiger partial charge on any atom is -0.496 e. The number of aromatic nitrogens is 1. The van der Waals surface area contributed by atoms with Crippen LogP contribution in [0.3, 0.4) is 0 Å². The van der Waals surface area contributed by atoms with E-state index in [-0.39, 0.29) is 24.0 Å². The number of nitrogens with one attached hydrogen (secondary N) is 2. The van der Waals surface area contributed by atoms with E-state index in [1.54, 1.807) is 18.4 Å². The Morgan fingerprint density at radius 2 is 2.08 bits per heavy atom. The fourth-order valence-electron chi connectivity index (χ4n) is 2.42. The maximum atomic E-state index is 5.39. The molecule has 0 aliphatic rings. The van der Waals surface area contributed by atoms with Gasteiger partial charge in [0.2, 0.25) is 0 Å². The molecule has 5 nitrogen and oxygen atoms in total. The minimum absolute atomic E-state index is 0. The van der Waals surface area contributed by atoms with Gasteiger partial charge in [0.25, 0.3) is 0 Å². The molecule has 144 valence electrons. The van der Waals surface area contributed by atoms with Crippen LogP contribution in [-0.2, 0) is 19.4 Å². The van der Waals surface area contributed by atoms with Crippen molar-refractivity contribution in [2.75, 3.05) is 20.2 Å². The number of rotatable bonds is 8. The first kappa shape index (κ1) is 22.7. The molecule has 1 aromatic heterocycles. The Morgan fingerprint density at radius 3 is 2.73 bits per heavy atom. The van der Waals surface area contributed by atoms with E-state index in [0.29, 0.717) is 6.54 Å². The van der Waals surface area contributed by atoms with Gasteiger partial charge in [0.1, 0.15) is 10.8 Å². The van der Waals surface area contributed by atoms with Crippen molar-refractivity contribution in [1.82, 2.24) is 15.6 Å². The number of nitrogens with zero attached hydrogens (tertiary/aromatic N) is 2. The summed E-state index contributed by atoms with van der Waals surface area (Å²) in [5.41, 5.74) is 2.40. The average molecular weight is 488 g/mol. The molecule has 0 aliphatic carbocycles. The maximum absolute atomic E-state index is 5.39. The number of thiazole rings is 1. The zero-order valence-electron chi connectivity index (χ0n) is 16.0. The summed E-state index contributed by atoms with van der Waals surface area (Å²) in [4.78, 5) is 10.3. The van der Waals surface area contributed by atoms with E-state index >= 15 is 0 Å². The first-order valence-corrected chi connectivity index (χ1v) is 9.57. The van der Waals surface area contributed by atoms with Gasteiger partial charge < -0.3 is 15.4 Å². The van der Waals surface area contributed by atoms with Crippen molar-refractivity contribution >= 4 is 41.3 Å². The molecule has 0 aliphatic heterocycles. The third-order valence-corrected chi connectivity index (χ3v) is 4.97. The van der Waals surface area contributed by atoms with Crippen LogP contribution in [0.4, 0.5) is 0 Å². The van der Waals surface area contributed by atoms with Crippen molar-refractivity contribution in [3.05, 3.63) is 45.4 Å². The Kier molecular flexibility index (Phi) is 10.6. The molecule has 0 bridgehead atoms. The lowest BCUT2D eigenvalue weighted by molar-refractivity contribution is 0.411. The molecule has 0 atom stereocenters. The first-order valence-electron chi connectivity index (χ1n) is 8.75. The highest BCUT2D eigenvalue weighted by Gasteiger charge is 2.03. The molecule has 0 amide bonds. The lowest BCUT2D eigenvalue weighted by Gasteiger charge is -2.12. The Hall–Kier alpha value is -1.35. The molecule has 0 saturated heterocycles. The number of halogens is 1. The third-order valence-electron chi connectivity index (χ3n) is 3.85. The standard InChI is InChI=1S/C19H28N4OS.HI/c1-5-16-12-22-18(25-16)13-23-19(20-6-2)21-10-9-15-8-7-14(3)17(11-15)24-4;/h7-8,11-12H,5-6,9-10,13H2,1-4H3,(H2,20,21,23);1H. The van der Waals surface area contributed by atoms with Crippen molar-refractivity contribution in [2.45, 2.75) is 40.2 Å². The second-order valence-corrected chi connectivity index (χ2v) is 6.95. The fraction of sp³-hybridized carbons (Fsp3) is 0.474. The number of hydrogen-bond acceptors (Lipinski definition) is 4. The average Bonchev–Trinajstić information content (AvgIpc) is 3.09. The van der Waals surface area contributed by atoms with Crippen LogP contribution in [-0.4, -0.2) is 31.1 Å². The number of hydrogen-bond donors (Lipinski definition) is 2. The predicted molar refractivity (Wildman–Crippen MR) is 121 cm³/mol. The van der Waals surface area contributed by atoms with Crippen molar-refractivity contribution in [3.8, 4) is 5.75 Å². The van der Waals surface area contributed by atoms with E-state index in [0.717, 1.165) is 48.2 Å². The van der Waals surface area contributed by atoms with Gasteiger partial charge in [-0.25, -0.2) is 9.98 Å². The molecule has 2 N–H and O–H groups in total. The quantitative estimate of drug-likeness (QED) is 0.336. The summed E-state index contributed by atoms with van der Waals surface area (Å²) in [6.07, 6.45) is 3.89. The first-order chi connectivity index (χ1) is 12.2. The number of aryl methyl sites for hydroxylation is 2. The van der Waals surface area contributed by atoms with Crippen molar-refractivity contribution in [1.29, 1.82) is 0 Å². The predicted octanol–water partition coefficient (Wildman–Crippen LogP) is 3.94. The summed E-state index contributed by atoms with van der Waals surface area (Å²) in [6.45, 7) is 8.53. The third kappa shape index (κ3) is 7.11. The van der Waals surface area contributed by atoms with Gasteiger partial charge in [0.15, 0.2) is 5.96 Å². The van der Waals surface area contributed by atoms with E-state index in [1.807, 2.05) is 6.20 Å². The summed E-state index contributed by atoms with van der Waals surface area (Å²) in [5.74, 6) is 1.77. The fourth-order valence-corrected chi connectivity index (χ4v) is 3.21. The van der Waals surface area contributed by atoms with Crippen molar-refractivity contribution in [3.63, 3.8) is 0 Å². The van der Waals surface area contributed by atoms with Crippen LogP contribution in [0.1, 0.15) is 34.9 Å². The van der Waals surface area contributed by atoms with Gasteiger partial charge >= 0.3 is 0 Å². The Bertz CT molecular complexity index is 703. The van der Waals surface area contributed by atoms with E-state index in [2.05, 4.69) is 59.6 Å². The van der Waals surface area contributed by atoms with Crippen LogP contribution in [0.2, 0.25) is 0 Å². The van der Waals surface area contributed by atoms with Gasteiger partial charge in [-0.15, -0.1) is 35.3 Å². The van der Waals surface area contributed by atoms with Crippen LogP contribution in [0.15, 0.2) is 29.4 Å². The highest BCUT2D eigenvalue weighted by molar-refractivity contribution is 14.0. The largest absolute Gasteiger partial charge is 0.496 e. The van der Waals surface area contributed by atoms with Crippen molar-refractivity contribution in [2.24, 2.45) is 4.99 Å². The Labute approximate surface area is 177 Å². The minimum atomic E-state index is 0. The summed E-state index contributed by atoms with van der Waals surface area (Å²) in [6, 6.07) is 6.34. The van der Waals surface area contributed by atoms with E-state index in [4.69, 9.17) is 4.74 Å². The lowest BCUT2D eigenvalue weighted by Crippen LogP contribution is -2.38. The van der Waals surface area contributed by atoms with E-state index < -0.39 is 0 Å². The molecule has 26 heavy (non-hydrogen) atoms. The van der Waals surface area contributed by atoms with Crippen LogP contribution in [0.25, 0.3) is 0 Å². The molecule has 1 heterocycles. The topological polar surface area (TPSA) is 58.5 Å². The second kappa shape index (κ2) is 12.1. The molecule has 0 saturated carbocycles. The van der Waals surface area contributed by atoms with Gasteiger partial charge in [-0.05, 0) is 43.9 Å². The molecule has 2 aromatic rings. The monoisotopic (exact) mass is 488 g/mol. The van der Waals surface area contributed by atoms with Gasteiger partial charge in [-0.1, -0.05) is 19.1 Å². The van der Waals surface area contributed by atoms with Gasteiger partial charge in [-0.2, -0.15) is 0 Å². The summed E-state index contributed by atoms with van der Waals surface area (Å²) in [5, 5.41) is 7.72. The Morgan fingerprint density at radius 1 is 1.27 bits per heavy atom. The number of ether oxygens (including phenoxy) is 1. The smallest absolute Gasteiger partial charge is 0.191 e. The number of methoxy groups -OCH3 is 1. The summed E-state index contributed by atoms with van der Waals surface area (Å²) >= 11 is 1.73. The zero-order chi connectivity index (χ0) is 18.1. The summed E-state index contributed by atoms with van der Waals surface area (Å²) < 4.78 is 5.39. The van der Waals surface area contributed by atoms with Crippen LogP contribution >= 0.6 is 35.3 Å². The number of guanidine groups is 1. The molecule has 2 rings (SSSR count). The molecule has 7 heteroatoms. The normalized spacial score (nSPS) is 11.0. The highest BCUT2D eigenvalue weighted by Crippen LogP contribution is 2.19. The summed E-state index contributed by atoms with van der Waals surface area (Å²) in [7, 11) is 1.71. The number of benzene rings is 1. The van der Waals surface area contributed by atoms with Crippen LogP contribution in [0.5, 0.6) is 5.75 Å². The molecule has 0 spiro atoms. The number of aliphatic imine (C=N–C) groups is 1. The van der Waals surface area contributed by atoms with Gasteiger partial charge in [-0.3, -0.25) is 0 Å². The Balaban J connectivity index is 0.00000338. The van der Waals surface area contributed by atoms with E-state index in [9.17, 15) is 0 Å². The molecule has 0 unspecified atom stereocenters. The van der Waals surface area contributed by atoms with Gasteiger partial charge in [0.05, 0.1) is 13.7 Å². The SMILES string of the molecule is CCNC(=NCc1ncc(CC)s1)NCCc1ccc(C)c(OC)c1.I. The highest BCUT2D eigenvalue weighted by atomic mass is 127. The van der Waals surface area contributed by atoms with Gasteiger partial charge in [0, 0.05) is 24.2 Å². The molecule has 0 radical (unpaired) electrons. The van der Waals surface area contributed by atoms with Crippen LogP contribution < -0.4 is 15.4 Å². The lowest BCUT2D eigenvalue weighted by atomic mass is 10.1. The van der Waals surface area contributed by atoms with Crippen LogP contribution in [0, 0.1) is 6.92 Å². The molecule has 1 aromatic carbocycles. The zero-order valence-corrected chi connectivity index (χ0v) is 19.1. The second-order valence-electron chi connectivity index (χ2n) is 5.75. The molecule has 0 fully saturated rings. The van der Waals surface area contributed by atoms with E-state index in [1.165, 1.54) is 10.4 Å².